The quantitative estimate of drug-likeness (QED) is 0.850. The zero-order valence-electron chi connectivity index (χ0n) is 8.30. The van der Waals surface area contributed by atoms with Crippen molar-refractivity contribution in [3.05, 3.63) is 29.9 Å². The fourth-order valence-corrected chi connectivity index (χ4v) is 2.04. The van der Waals surface area contributed by atoms with Crippen LogP contribution in [-0.2, 0) is 11.3 Å². The highest BCUT2D eigenvalue weighted by Crippen LogP contribution is 2.22. The van der Waals surface area contributed by atoms with E-state index in [0.29, 0.717) is 6.54 Å². The first-order valence-electron chi connectivity index (χ1n) is 4.57. The van der Waals surface area contributed by atoms with Crippen LogP contribution in [0.15, 0.2) is 29.9 Å². The van der Waals surface area contributed by atoms with Crippen molar-refractivity contribution in [3.63, 3.8) is 0 Å². The maximum atomic E-state index is 11.2. The lowest BCUT2D eigenvalue weighted by Crippen LogP contribution is -2.23. The molecule has 0 fully saturated rings. The number of nitrogens with one attached hydrogen (secondary N) is 1. The summed E-state index contributed by atoms with van der Waals surface area (Å²) in [4.78, 5) is 16.6. The smallest absolute Gasteiger partial charge is 0.239 e. The number of imidazole rings is 1. The fourth-order valence-electron chi connectivity index (χ4n) is 1.30. The van der Waals surface area contributed by atoms with Gasteiger partial charge < -0.3 is 9.88 Å². The average molecular weight is 221 g/mol. The fraction of sp³-hybridized carbons (Fsp3) is 0.200. The monoisotopic (exact) mass is 221 g/mol. The average Bonchev–Trinajstić information content (AvgIpc) is 2.86. The van der Waals surface area contributed by atoms with Crippen molar-refractivity contribution in [2.75, 3.05) is 7.05 Å². The lowest BCUT2D eigenvalue weighted by molar-refractivity contribution is -0.121. The molecule has 5 heteroatoms. The molecule has 1 amide bonds. The molecule has 0 radical (unpaired) electrons. The number of carbonyl (C=O) groups excluding carboxylic acids is 1. The standard InChI is InChI=1S/C10H11N3OS/c1-11-9(14)7-13-5-4-12-10(13)8-3-2-6-15-8/h2-6H,7H2,1H3,(H,11,14). The Bertz CT molecular complexity index is 447. The highest BCUT2D eigenvalue weighted by molar-refractivity contribution is 7.13. The number of aromatic nitrogens is 2. The molecule has 2 aromatic heterocycles. The molecule has 4 nitrogen and oxygen atoms in total. The van der Waals surface area contributed by atoms with Gasteiger partial charge >= 0.3 is 0 Å². The van der Waals surface area contributed by atoms with Crippen LogP contribution < -0.4 is 5.32 Å². The van der Waals surface area contributed by atoms with E-state index in [1.807, 2.05) is 28.3 Å². The van der Waals surface area contributed by atoms with Crippen LogP contribution in [0.3, 0.4) is 0 Å². The number of thiophene rings is 1. The molecule has 0 aliphatic heterocycles. The van der Waals surface area contributed by atoms with Gasteiger partial charge in [-0.25, -0.2) is 4.98 Å². The van der Waals surface area contributed by atoms with Crippen molar-refractivity contribution in [3.8, 4) is 10.7 Å². The van der Waals surface area contributed by atoms with Crippen molar-refractivity contribution < 1.29 is 4.79 Å². The molecular formula is C10H11N3OS. The predicted octanol–water partition coefficient (Wildman–Crippen LogP) is 1.36. The summed E-state index contributed by atoms with van der Waals surface area (Å²) in [6.07, 6.45) is 3.52. The van der Waals surface area contributed by atoms with Gasteiger partial charge in [0.2, 0.25) is 5.91 Å². The number of likely N-dealkylation sites (N-methyl/N-ethyl adjacent to an activating group) is 1. The van der Waals surface area contributed by atoms with Gasteiger partial charge in [-0.2, -0.15) is 0 Å². The molecule has 0 aliphatic rings. The molecule has 2 rings (SSSR count). The molecular weight excluding hydrogens is 210 g/mol. The lowest BCUT2D eigenvalue weighted by Gasteiger charge is -2.04. The van der Waals surface area contributed by atoms with E-state index in [-0.39, 0.29) is 5.91 Å². The van der Waals surface area contributed by atoms with Gasteiger partial charge in [0.1, 0.15) is 12.4 Å². The highest BCUT2D eigenvalue weighted by Gasteiger charge is 2.08. The molecule has 2 aromatic rings. The predicted molar refractivity (Wildman–Crippen MR) is 59.6 cm³/mol. The highest BCUT2D eigenvalue weighted by atomic mass is 32.1. The first-order chi connectivity index (χ1) is 7.31. The van der Waals surface area contributed by atoms with Crippen molar-refractivity contribution >= 4 is 17.2 Å². The van der Waals surface area contributed by atoms with Crippen LogP contribution in [0.2, 0.25) is 0 Å². The molecule has 0 aromatic carbocycles. The molecule has 0 bridgehead atoms. The summed E-state index contributed by atoms with van der Waals surface area (Å²) in [6.45, 7) is 0.309. The zero-order chi connectivity index (χ0) is 10.7. The summed E-state index contributed by atoms with van der Waals surface area (Å²) in [5, 5.41) is 4.59. The van der Waals surface area contributed by atoms with Gasteiger partial charge in [0, 0.05) is 19.4 Å². The third-order valence-electron chi connectivity index (χ3n) is 2.05. The van der Waals surface area contributed by atoms with E-state index in [4.69, 9.17) is 0 Å². The van der Waals surface area contributed by atoms with Crippen molar-refractivity contribution in [2.45, 2.75) is 6.54 Å². The van der Waals surface area contributed by atoms with Crippen molar-refractivity contribution in [1.82, 2.24) is 14.9 Å². The van der Waals surface area contributed by atoms with Crippen LogP contribution in [0.4, 0.5) is 0 Å². The third kappa shape index (κ3) is 2.07. The van der Waals surface area contributed by atoms with E-state index in [2.05, 4.69) is 10.3 Å². The Kier molecular flexibility index (Phi) is 2.82. The molecule has 0 atom stereocenters. The van der Waals surface area contributed by atoms with Crippen LogP contribution in [0.25, 0.3) is 10.7 Å². The molecule has 0 spiro atoms. The van der Waals surface area contributed by atoms with E-state index in [1.54, 1.807) is 24.6 Å². The molecule has 15 heavy (non-hydrogen) atoms. The minimum Gasteiger partial charge on any atom is -0.358 e. The van der Waals surface area contributed by atoms with Gasteiger partial charge in [0.15, 0.2) is 0 Å². The second-order valence-electron chi connectivity index (χ2n) is 3.03. The Morgan fingerprint density at radius 3 is 3.20 bits per heavy atom. The Labute approximate surface area is 91.6 Å². The second kappa shape index (κ2) is 4.27. The minimum absolute atomic E-state index is 0.0224. The van der Waals surface area contributed by atoms with Crippen LogP contribution in [0.1, 0.15) is 0 Å². The molecule has 0 saturated heterocycles. The summed E-state index contributed by atoms with van der Waals surface area (Å²) < 4.78 is 1.84. The van der Waals surface area contributed by atoms with Gasteiger partial charge in [0.25, 0.3) is 0 Å². The van der Waals surface area contributed by atoms with E-state index in [0.717, 1.165) is 10.7 Å². The van der Waals surface area contributed by atoms with E-state index in [1.165, 1.54) is 0 Å². The molecule has 0 unspecified atom stereocenters. The topological polar surface area (TPSA) is 46.9 Å². The molecule has 78 valence electrons. The van der Waals surface area contributed by atoms with Crippen molar-refractivity contribution in [2.24, 2.45) is 0 Å². The summed E-state index contributed by atoms with van der Waals surface area (Å²) in [5.41, 5.74) is 0. The van der Waals surface area contributed by atoms with Gasteiger partial charge in [0.05, 0.1) is 4.88 Å². The van der Waals surface area contributed by atoms with Crippen LogP contribution in [0.5, 0.6) is 0 Å². The van der Waals surface area contributed by atoms with Crippen LogP contribution in [0, 0.1) is 0 Å². The zero-order valence-corrected chi connectivity index (χ0v) is 9.12. The van der Waals surface area contributed by atoms with Gasteiger partial charge in [-0.05, 0) is 11.4 Å². The number of hydrogen-bond acceptors (Lipinski definition) is 3. The Morgan fingerprint density at radius 1 is 1.67 bits per heavy atom. The van der Waals surface area contributed by atoms with Gasteiger partial charge in [-0.15, -0.1) is 11.3 Å². The maximum Gasteiger partial charge on any atom is 0.239 e. The Morgan fingerprint density at radius 2 is 2.53 bits per heavy atom. The number of hydrogen-bond donors (Lipinski definition) is 1. The number of nitrogens with zero attached hydrogens (tertiary/aromatic N) is 2. The summed E-state index contributed by atoms with van der Waals surface area (Å²) in [7, 11) is 1.63. The summed E-state index contributed by atoms with van der Waals surface area (Å²) >= 11 is 1.61. The SMILES string of the molecule is CNC(=O)Cn1ccnc1-c1cccs1. The molecule has 2 heterocycles. The minimum atomic E-state index is -0.0224. The number of rotatable bonds is 3. The maximum absolute atomic E-state index is 11.2. The summed E-state index contributed by atoms with van der Waals surface area (Å²) in [5.74, 6) is 0.819. The molecule has 0 aliphatic carbocycles. The second-order valence-corrected chi connectivity index (χ2v) is 3.98. The van der Waals surface area contributed by atoms with E-state index >= 15 is 0 Å². The molecule has 1 N–H and O–H groups in total. The summed E-state index contributed by atoms with van der Waals surface area (Å²) in [6, 6.07) is 3.96. The third-order valence-corrected chi connectivity index (χ3v) is 2.92. The Hall–Kier alpha value is -1.62. The van der Waals surface area contributed by atoms with E-state index in [9.17, 15) is 4.79 Å². The van der Waals surface area contributed by atoms with Gasteiger partial charge in [-0.1, -0.05) is 6.07 Å². The first kappa shape index (κ1) is 9.92. The van der Waals surface area contributed by atoms with Crippen molar-refractivity contribution in [1.29, 1.82) is 0 Å². The lowest BCUT2D eigenvalue weighted by atomic mass is 10.4. The Balaban J connectivity index is 2.27. The number of carbonyl (C=O) groups is 1. The largest absolute Gasteiger partial charge is 0.358 e. The molecule has 0 saturated carbocycles. The van der Waals surface area contributed by atoms with Crippen LogP contribution >= 0.6 is 11.3 Å². The van der Waals surface area contributed by atoms with Gasteiger partial charge in [-0.3, -0.25) is 4.79 Å². The van der Waals surface area contributed by atoms with Crippen LogP contribution in [-0.4, -0.2) is 22.5 Å². The number of amides is 1. The first-order valence-corrected chi connectivity index (χ1v) is 5.45. The van der Waals surface area contributed by atoms with E-state index < -0.39 is 0 Å². The normalized spacial score (nSPS) is 10.2.